The van der Waals surface area contributed by atoms with Crippen LogP contribution < -0.4 is 4.43 Å². The van der Waals surface area contributed by atoms with Gasteiger partial charge in [0.05, 0.1) is 0 Å². The normalized spacial score (nSPS) is 17.4. The van der Waals surface area contributed by atoms with E-state index in [9.17, 15) is 9.59 Å². The zero-order valence-electron chi connectivity index (χ0n) is 19.2. The van der Waals surface area contributed by atoms with Crippen molar-refractivity contribution >= 4 is 20.1 Å². The molecular weight excluding hydrogens is 380 g/mol. The van der Waals surface area contributed by atoms with E-state index in [4.69, 9.17) is 9.16 Å². The molecule has 1 aromatic rings. The molecule has 1 aliphatic heterocycles. The van der Waals surface area contributed by atoms with Gasteiger partial charge < -0.3 is 9.16 Å². The molecule has 29 heavy (non-hydrogen) atoms. The number of ketones is 1. The van der Waals surface area contributed by atoms with Gasteiger partial charge in [-0.05, 0) is 55.4 Å². The number of cyclic esters (lactones) is 1. The standard InChI is InChI=1S/C24H36O4Si/c1-8-17-15(2)19-14-27-23(26)21(19)22(28-29(6,7)24(3,4)5)18(17)13-20(25)16-11-9-10-12-16/h16H,8-14H2,1-7H3. The van der Waals surface area contributed by atoms with Crippen molar-refractivity contribution in [1.82, 2.24) is 0 Å². The molecule has 0 radical (unpaired) electrons. The highest BCUT2D eigenvalue weighted by molar-refractivity contribution is 6.74. The van der Waals surface area contributed by atoms with Gasteiger partial charge >= 0.3 is 5.97 Å². The van der Waals surface area contributed by atoms with Crippen LogP contribution in [-0.4, -0.2) is 20.1 Å². The Labute approximate surface area is 176 Å². The smallest absolute Gasteiger partial charge is 0.342 e. The van der Waals surface area contributed by atoms with Crippen LogP contribution >= 0.6 is 0 Å². The van der Waals surface area contributed by atoms with E-state index in [0.29, 0.717) is 30.1 Å². The highest BCUT2D eigenvalue weighted by Gasteiger charge is 2.42. The van der Waals surface area contributed by atoms with Crippen LogP contribution in [0.3, 0.4) is 0 Å². The lowest BCUT2D eigenvalue weighted by molar-refractivity contribution is -0.122. The van der Waals surface area contributed by atoms with Crippen LogP contribution in [0.5, 0.6) is 5.75 Å². The van der Waals surface area contributed by atoms with Crippen LogP contribution in [0.2, 0.25) is 18.1 Å². The molecule has 0 bridgehead atoms. The fourth-order valence-electron chi connectivity index (χ4n) is 4.38. The minimum Gasteiger partial charge on any atom is -0.543 e. The first-order valence-corrected chi connectivity index (χ1v) is 13.9. The van der Waals surface area contributed by atoms with Crippen LogP contribution in [0.4, 0.5) is 0 Å². The Morgan fingerprint density at radius 1 is 1.17 bits per heavy atom. The Kier molecular flexibility index (Phi) is 6.01. The largest absolute Gasteiger partial charge is 0.543 e. The van der Waals surface area contributed by atoms with Crippen molar-refractivity contribution in [2.24, 2.45) is 5.92 Å². The van der Waals surface area contributed by atoms with E-state index in [0.717, 1.165) is 54.4 Å². The van der Waals surface area contributed by atoms with Gasteiger partial charge in [0.2, 0.25) is 0 Å². The van der Waals surface area contributed by atoms with Gasteiger partial charge in [0, 0.05) is 23.5 Å². The first-order chi connectivity index (χ1) is 13.5. The molecule has 0 saturated heterocycles. The Balaban J connectivity index is 2.16. The first-order valence-electron chi connectivity index (χ1n) is 11.0. The van der Waals surface area contributed by atoms with E-state index in [1.54, 1.807) is 0 Å². The Morgan fingerprint density at radius 3 is 2.34 bits per heavy atom. The first kappa shape index (κ1) is 22.1. The fraction of sp³-hybridized carbons (Fsp3) is 0.667. The molecule has 1 saturated carbocycles. The number of hydrogen-bond donors (Lipinski definition) is 0. The molecule has 0 N–H and O–H groups in total. The van der Waals surface area contributed by atoms with Gasteiger partial charge in [0.1, 0.15) is 23.7 Å². The SMILES string of the molecule is CCc1c(C)c2c(c(O[Si](C)(C)C(C)(C)C)c1CC(=O)C1CCCC1)C(=O)OC2. The Hall–Kier alpha value is -1.62. The third-order valence-electron chi connectivity index (χ3n) is 7.30. The molecule has 3 rings (SSSR count). The zero-order chi connectivity index (χ0) is 21.6. The summed E-state index contributed by atoms with van der Waals surface area (Å²) >= 11 is 0. The number of carbonyl (C=O) groups is 2. The number of hydrogen-bond acceptors (Lipinski definition) is 4. The van der Waals surface area contributed by atoms with Crippen molar-refractivity contribution in [3.8, 4) is 5.75 Å². The van der Waals surface area contributed by atoms with E-state index in [1.165, 1.54) is 0 Å². The van der Waals surface area contributed by atoms with Crippen LogP contribution in [0.1, 0.15) is 86.0 Å². The molecule has 1 aromatic carbocycles. The van der Waals surface area contributed by atoms with E-state index in [1.807, 2.05) is 0 Å². The van der Waals surface area contributed by atoms with E-state index in [-0.39, 0.29) is 16.9 Å². The summed E-state index contributed by atoms with van der Waals surface area (Å²) in [6, 6.07) is 0. The Bertz CT molecular complexity index is 827. The Morgan fingerprint density at radius 2 is 1.79 bits per heavy atom. The lowest BCUT2D eigenvalue weighted by Crippen LogP contribution is -2.44. The summed E-state index contributed by atoms with van der Waals surface area (Å²) in [6.07, 6.45) is 5.43. The molecule has 0 spiro atoms. The van der Waals surface area contributed by atoms with Crippen molar-refractivity contribution in [3.63, 3.8) is 0 Å². The van der Waals surface area contributed by atoms with Crippen molar-refractivity contribution in [1.29, 1.82) is 0 Å². The number of fused-ring (bicyclic) bond motifs is 1. The predicted octanol–water partition coefficient (Wildman–Crippen LogP) is 5.91. The van der Waals surface area contributed by atoms with Crippen molar-refractivity contribution < 1.29 is 18.8 Å². The fourth-order valence-corrected chi connectivity index (χ4v) is 5.42. The summed E-state index contributed by atoms with van der Waals surface area (Å²) in [5.41, 5.74) is 4.69. The summed E-state index contributed by atoms with van der Waals surface area (Å²) in [4.78, 5) is 25.8. The molecule has 0 amide bonds. The second-order valence-electron chi connectivity index (χ2n) is 10.2. The van der Waals surface area contributed by atoms with Gasteiger partial charge in [-0.2, -0.15) is 0 Å². The highest BCUT2D eigenvalue weighted by Crippen LogP contribution is 2.44. The van der Waals surface area contributed by atoms with Crippen LogP contribution in [0, 0.1) is 12.8 Å². The van der Waals surface area contributed by atoms with Gasteiger partial charge in [-0.1, -0.05) is 40.5 Å². The number of carbonyl (C=O) groups excluding carboxylic acids is 2. The van der Waals surface area contributed by atoms with Gasteiger partial charge in [0.15, 0.2) is 0 Å². The minimum absolute atomic E-state index is 0.00755. The van der Waals surface area contributed by atoms with Gasteiger partial charge in [-0.3, -0.25) is 4.79 Å². The lowest BCUT2D eigenvalue weighted by Gasteiger charge is -2.38. The third kappa shape index (κ3) is 4.03. The number of ether oxygens (including phenoxy) is 1. The molecule has 0 aromatic heterocycles. The summed E-state index contributed by atoms with van der Waals surface area (Å²) in [5.74, 6) is 0.779. The molecule has 5 heteroatoms. The molecule has 1 aliphatic carbocycles. The van der Waals surface area contributed by atoms with E-state index < -0.39 is 8.32 Å². The lowest BCUT2D eigenvalue weighted by atomic mass is 9.86. The molecular formula is C24H36O4Si. The monoisotopic (exact) mass is 416 g/mol. The van der Waals surface area contributed by atoms with Gasteiger partial charge in [-0.25, -0.2) is 4.79 Å². The van der Waals surface area contributed by atoms with Crippen molar-refractivity contribution in [2.75, 3.05) is 0 Å². The van der Waals surface area contributed by atoms with Crippen LogP contribution in [0.15, 0.2) is 0 Å². The second kappa shape index (κ2) is 7.90. The molecule has 1 fully saturated rings. The average Bonchev–Trinajstić information content (AvgIpc) is 3.27. The molecule has 160 valence electrons. The van der Waals surface area contributed by atoms with Gasteiger partial charge in [-0.15, -0.1) is 0 Å². The minimum atomic E-state index is -2.20. The maximum atomic E-state index is 13.1. The summed E-state index contributed by atoms with van der Waals surface area (Å²) in [7, 11) is -2.20. The van der Waals surface area contributed by atoms with Crippen LogP contribution in [-0.2, 0) is 29.0 Å². The van der Waals surface area contributed by atoms with Crippen molar-refractivity contribution in [3.05, 3.63) is 27.8 Å². The van der Waals surface area contributed by atoms with Gasteiger partial charge in [0.25, 0.3) is 8.32 Å². The van der Waals surface area contributed by atoms with E-state index >= 15 is 0 Å². The predicted molar refractivity (Wildman–Crippen MR) is 118 cm³/mol. The number of esters is 1. The maximum absolute atomic E-state index is 13.1. The highest BCUT2D eigenvalue weighted by atomic mass is 28.4. The third-order valence-corrected chi connectivity index (χ3v) is 11.6. The van der Waals surface area contributed by atoms with E-state index in [2.05, 4.69) is 47.7 Å². The summed E-state index contributed by atoms with van der Waals surface area (Å²) in [6.45, 7) is 15.4. The molecule has 4 nitrogen and oxygen atoms in total. The second-order valence-corrected chi connectivity index (χ2v) is 14.9. The summed E-state index contributed by atoms with van der Waals surface area (Å²) in [5, 5.41) is -0.00755. The molecule has 0 atom stereocenters. The number of rotatable bonds is 6. The van der Waals surface area contributed by atoms with Crippen LogP contribution in [0.25, 0.3) is 0 Å². The number of Topliss-reactive ketones (excluding diaryl/α,β-unsaturated/α-hetero) is 1. The summed E-state index contributed by atoms with van der Waals surface area (Å²) < 4.78 is 12.2. The topological polar surface area (TPSA) is 52.6 Å². The quantitative estimate of drug-likeness (QED) is 0.427. The molecule has 1 heterocycles. The van der Waals surface area contributed by atoms with Crippen molar-refractivity contribution in [2.45, 2.75) is 97.9 Å². The zero-order valence-corrected chi connectivity index (χ0v) is 20.2. The average molecular weight is 417 g/mol. The molecule has 0 unspecified atom stereocenters. The molecule has 2 aliphatic rings. The maximum Gasteiger partial charge on any atom is 0.342 e. The number of benzene rings is 1.